The Kier molecular flexibility index (Phi) is 9.37. The monoisotopic (exact) mass is 573 g/mol. The van der Waals surface area contributed by atoms with Gasteiger partial charge < -0.3 is 20.1 Å². The van der Waals surface area contributed by atoms with Gasteiger partial charge in [0, 0.05) is 35.6 Å². The molecule has 0 saturated heterocycles. The average Bonchev–Trinajstić information content (AvgIpc) is 2.93. The van der Waals surface area contributed by atoms with E-state index in [-0.39, 0.29) is 17.8 Å². The summed E-state index contributed by atoms with van der Waals surface area (Å²) in [5.74, 6) is 0.525. The zero-order valence-corrected chi connectivity index (χ0v) is 23.6. The van der Waals surface area contributed by atoms with Crippen LogP contribution in [-0.2, 0) is 11.4 Å². The van der Waals surface area contributed by atoms with E-state index >= 15 is 0 Å². The van der Waals surface area contributed by atoms with Crippen molar-refractivity contribution in [1.29, 1.82) is 5.26 Å². The van der Waals surface area contributed by atoms with Gasteiger partial charge in [-0.3, -0.25) is 14.8 Å². The lowest BCUT2D eigenvalue weighted by atomic mass is 10.1. The number of benzene rings is 2. The second kappa shape index (κ2) is 13.1. The molecule has 0 atom stereocenters. The topological polar surface area (TPSA) is 129 Å². The van der Waals surface area contributed by atoms with E-state index in [1.807, 2.05) is 25.1 Å². The molecule has 2 aromatic heterocycles. The van der Waals surface area contributed by atoms with E-state index in [1.165, 1.54) is 12.3 Å². The van der Waals surface area contributed by atoms with Gasteiger partial charge >= 0.3 is 0 Å². The van der Waals surface area contributed by atoms with Crippen LogP contribution in [0.2, 0.25) is 5.02 Å². The summed E-state index contributed by atoms with van der Waals surface area (Å²) in [6.45, 7) is 2.73. The van der Waals surface area contributed by atoms with Crippen LogP contribution < -0.4 is 20.1 Å². The van der Waals surface area contributed by atoms with E-state index in [9.17, 15) is 15.3 Å². The third-order valence-corrected chi connectivity index (χ3v) is 6.07. The van der Waals surface area contributed by atoms with E-state index in [2.05, 4.69) is 26.7 Å². The molecule has 0 aliphatic carbocycles. The number of nitrogens with one attached hydrogen (secondary N) is 2. The molecule has 0 fully saturated rings. The van der Waals surface area contributed by atoms with Gasteiger partial charge in [-0.1, -0.05) is 17.7 Å². The highest BCUT2D eigenvalue weighted by atomic mass is 35.5. The number of quaternary nitrogens is 1. The summed E-state index contributed by atoms with van der Waals surface area (Å²) in [7, 11) is 3.20. The number of likely N-dealkylation sites (N-methyl/N-ethyl adjacent to an activating group) is 1. The molecule has 2 aromatic carbocycles. The Morgan fingerprint density at radius 3 is 2.66 bits per heavy atom. The molecule has 0 aliphatic rings. The minimum Gasteiger partial charge on any atom is -0.492 e. The maximum absolute atomic E-state index is 12.6. The SMILES string of the molecule is CCOc1cc2ncc(C#N)c(Nc3ccc(OCc4ccccn4)c(Cl)c3)c2cc1NC(=O)/C=C/C[N+](C)(C)O. The van der Waals surface area contributed by atoms with E-state index < -0.39 is 5.91 Å². The molecule has 3 N–H and O–H groups in total. The lowest BCUT2D eigenvalue weighted by Gasteiger charge is -2.17. The second-order valence-electron chi connectivity index (χ2n) is 9.53. The summed E-state index contributed by atoms with van der Waals surface area (Å²) in [4.78, 5) is 21.3. The van der Waals surface area contributed by atoms with Gasteiger partial charge in [0.1, 0.15) is 30.7 Å². The van der Waals surface area contributed by atoms with Crippen molar-refractivity contribution in [3.8, 4) is 17.6 Å². The van der Waals surface area contributed by atoms with Crippen molar-refractivity contribution in [3.05, 3.63) is 89.4 Å². The molecular weight excluding hydrogens is 544 g/mol. The van der Waals surface area contributed by atoms with Crippen LogP contribution in [0.4, 0.5) is 17.1 Å². The van der Waals surface area contributed by atoms with E-state index in [1.54, 1.807) is 56.7 Å². The van der Waals surface area contributed by atoms with Crippen molar-refractivity contribution in [2.24, 2.45) is 0 Å². The number of rotatable bonds is 11. The largest absolute Gasteiger partial charge is 0.492 e. The highest BCUT2D eigenvalue weighted by molar-refractivity contribution is 6.32. The fourth-order valence-electron chi connectivity index (χ4n) is 3.88. The summed E-state index contributed by atoms with van der Waals surface area (Å²) in [5.41, 5.74) is 3.15. The zero-order chi connectivity index (χ0) is 29.4. The summed E-state index contributed by atoms with van der Waals surface area (Å²) < 4.78 is 11.3. The molecule has 10 nitrogen and oxygen atoms in total. The Bertz CT molecular complexity index is 1610. The number of halogens is 1. The molecule has 0 unspecified atom stereocenters. The maximum atomic E-state index is 12.6. The van der Waals surface area contributed by atoms with Crippen LogP contribution in [0.1, 0.15) is 18.2 Å². The second-order valence-corrected chi connectivity index (χ2v) is 9.94. The number of amides is 1. The number of nitriles is 1. The van der Waals surface area contributed by atoms with Gasteiger partial charge in [0.15, 0.2) is 0 Å². The third kappa shape index (κ3) is 7.93. The van der Waals surface area contributed by atoms with Crippen molar-refractivity contribution in [3.63, 3.8) is 0 Å². The van der Waals surface area contributed by atoms with Gasteiger partial charge in [-0.25, -0.2) is 5.21 Å². The number of aromatic nitrogens is 2. The Hall–Kier alpha value is -4.69. The minimum absolute atomic E-state index is 0.252. The lowest BCUT2D eigenvalue weighted by Crippen LogP contribution is -2.35. The summed E-state index contributed by atoms with van der Waals surface area (Å²) in [6, 6.07) is 16.4. The molecule has 2 heterocycles. The number of pyridine rings is 2. The van der Waals surface area contributed by atoms with Crippen molar-refractivity contribution < 1.29 is 24.1 Å². The van der Waals surface area contributed by atoms with Gasteiger partial charge in [-0.15, -0.1) is 0 Å². The van der Waals surface area contributed by atoms with Gasteiger partial charge in [-0.05, 0) is 49.4 Å². The first-order valence-electron chi connectivity index (χ1n) is 12.8. The molecule has 4 aromatic rings. The summed E-state index contributed by atoms with van der Waals surface area (Å²) >= 11 is 6.51. The highest BCUT2D eigenvalue weighted by Crippen LogP contribution is 2.37. The quantitative estimate of drug-likeness (QED) is 0.116. The minimum atomic E-state index is -0.397. The molecule has 0 saturated carbocycles. The number of hydrogen-bond donors (Lipinski definition) is 3. The maximum Gasteiger partial charge on any atom is 0.248 e. The smallest absolute Gasteiger partial charge is 0.248 e. The fourth-order valence-corrected chi connectivity index (χ4v) is 4.11. The van der Waals surface area contributed by atoms with Gasteiger partial charge in [0.25, 0.3) is 0 Å². The van der Waals surface area contributed by atoms with Gasteiger partial charge in [-0.2, -0.15) is 9.91 Å². The van der Waals surface area contributed by atoms with Crippen LogP contribution in [-0.4, -0.2) is 53.0 Å². The molecular formula is C30H30ClN6O4+. The first kappa shape index (κ1) is 29.3. The highest BCUT2D eigenvalue weighted by Gasteiger charge is 2.16. The van der Waals surface area contributed by atoms with E-state index in [0.717, 1.165) is 5.69 Å². The third-order valence-electron chi connectivity index (χ3n) is 5.77. The van der Waals surface area contributed by atoms with Crippen molar-refractivity contribution in [2.75, 3.05) is 37.9 Å². The van der Waals surface area contributed by atoms with Crippen LogP contribution >= 0.6 is 11.6 Å². The van der Waals surface area contributed by atoms with Crippen molar-refractivity contribution in [2.45, 2.75) is 13.5 Å². The molecule has 41 heavy (non-hydrogen) atoms. The van der Waals surface area contributed by atoms with Crippen molar-refractivity contribution >= 4 is 45.5 Å². The fraction of sp³-hybridized carbons (Fsp3) is 0.200. The molecule has 11 heteroatoms. The number of anilines is 3. The van der Waals surface area contributed by atoms with Crippen LogP contribution in [0.15, 0.2) is 73.1 Å². The number of nitrogens with zero attached hydrogens (tertiary/aromatic N) is 4. The average molecular weight is 574 g/mol. The molecule has 0 radical (unpaired) electrons. The van der Waals surface area contributed by atoms with Crippen molar-refractivity contribution in [1.82, 2.24) is 9.97 Å². The molecule has 4 rings (SSSR count). The Morgan fingerprint density at radius 2 is 1.98 bits per heavy atom. The number of fused-ring (bicyclic) bond motifs is 1. The number of hydrogen-bond acceptors (Lipinski definition) is 8. The Balaban J connectivity index is 1.64. The van der Waals surface area contributed by atoms with Gasteiger partial charge in [0.2, 0.25) is 5.91 Å². The standard InChI is InChI=1S/C30H29ClN6O4/c1-4-40-28-16-25-23(15-26(28)36-29(38)9-7-13-37(2,3)39)30(20(17-32)18-34-25)35-21-10-11-27(24(31)14-21)41-19-22-8-5-6-12-33-22/h5-12,14-16,18,39H,4,13,19H2,1-3H3,(H-,34,35,36,38)/p+1/b9-7+. The summed E-state index contributed by atoms with van der Waals surface area (Å²) in [6.07, 6.45) is 6.09. The van der Waals surface area contributed by atoms with Crippen LogP contribution in [0.3, 0.4) is 0 Å². The summed E-state index contributed by atoms with van der Waals surface area (Å²) in [5, 5.41) is 26.8. The first-order valence-corrected chi connectivity index (χ1v) is 13.2. The predicted molar refractivity (Wildman–Crippen MR) is 157 cm³/mol. The Morgan fingerprint density at radius 1 is 1.15 bits per heavy atom. The van der Waals surface area contributed by atoms with Crippen LogP contribution in [0.25, 0.3) is 10.9 Å². The van der Waals surface area contributed by atoms with Gasteiger partial charge in [0.05, 0.1) is 53.9 Å². The lowest BCUT2D eigenvalue weighted by molar-refractivity contribution is -1.07. The van der Waals surface area contributed by atoms with Crippen LogP contribution in [0, 0.1) is 11.3 Å². The Labute approximate surface area is 243 Å². The molecule has 1 amide bonds. The number of hydroxylamine groups is 3. The van der Waals surface area contributed by atoms with E-state index in [4.69, 9.17) is 21.1 Å². The normalized spacial score (nSPS) is 11.3. The van der Waals surface area contributed by atoms with E-state index in [0.29, 0.717) is 56.7 Å². The number of ether oxygens (including phenoxy) is 2. The van der Waals surface area contributed by atoms with Crippen LogP contribution in [0.5, 0.6) is 11.5 Å². The number of carbonyl (C=O) groups is 1. The first-order chi connectivity index (χ1) is 19.7. The number of carbonyl (C=O) groups excluding carboxylic acids is 1. The molecule has 0 spiro atoms. The predicted octanol–water partition coefficient (Wildman–Crippen LogP) is 5.84. The molecule has 210 valence electrons. The zero-order valence-electron chi connectivity index (χ0n) is 22.9. The molecule has 0 aliphatic heterocycles. The molecule has 0 bridgehead atoms.